The van der Waals surface area contributed by atoms with E-state index in [-0.39, 0.29) is 36.4 Å². The third-order valence-corrected chi connectivity index (χ3v) is 4.07. The molecular weight excluding hydrogens is 354 g/mol. The van der Waals surface area contributed by atoms with Crippen LogP contribution in [0.2, 0.25) is 0 Å². The molecule has 0 spiro atoms. The van der Waals surface area contributed by atoms with Gasteiger partial charge < -0.3 is 15.7 Å². The second-order valence-electron chi connectivity index (χ2n) is 6.07. The zero-order valence-corrected chi connectivity index (χ0v) is 14.6. The Morgan fingerprint density at radius 2 is 2.07 bits per heavy atom. The molecule has 1 aliphatic rings. The number of hydrogen-bond acceptors (Lipinski definition) is 7. The molecule has 0 bridgehead atoms. The molecule has 1 aromatic carbocycles. The summed E-state index contributed by atoms with van der Waals surface area (Å²) in [6, 6.07) is 3.94. The molecule has 5 N–H and O–H groups in total. The van der Waals surface area contributed by atoms with E-state index in [0.29, 0.717) is 25.1 Å². The van der Waals surface area contributed by atoms with Gasteiger partial charge in [-0.25, -0.2) is 5.53 Å². The largest absolute Gasteiger partial charge is 0.481 e. The molecule has 0 saturated carbocycles. The number of nitrogens with one attached hydrogen (secondary N) is 4. The number of carbonyl (C=O) groups is 4. The molecule has 1 heterocycles. The SMILES string of the molecule is N=Nc1cccc(NCCCCC(=O)O)c1C(=O)NC1CCC(=O)NC1=O. The fourth-order valence-electron chi connectivity index (χ4n) is 2.71. The normalized spacial score (nSPS) is 16.4. The van der Waals surface area contributed by atoms with Crippen LogP contribution in [0, 0.1) is 5.53 Å². The number of unbranched alkanes of at least 4 members (excludes halogenated alkanes) is 1. The number of nitrogens with zero attached hydrogens (tertiary/aromatic N) is 1. The highest BCUT2D eigenvalue weighted by Gasteiger charge is 2.29. The highest BCUT2D eigenvalue weighted by atomic mass is 16.4. The average molecular weight is 375 g/mol. The highest BCUT2D eigenvalue weighted by molar-refractivity contribution is 6.07. The molecule has 1 aromatic rings. The summed E-state index contributed by atoms with van der Waals surface area (Å²) in [4.78, 5) is 46.3. The zero-order valence-electron chi connectivity index (χ0n) is 14.6. The first kappa shape index (κ1) is 20.0. The predicted octanol–water partition coefficient (Wildman–Crippen LogP) is 1.55. The van der Waals surface area contributed by atoms with E-state index in [0.717, 1.165) is 0 Å². The van der Waals surface area contributed by atoms with E-state index in [4.69, 9.17) is 10.6 Å². The Morgan fingerprint density at radius 3 is 2.74 bits per heavy atom. The second kappa shape index (κ2) is 9.41. The topological polar surface area (TPSA) is 161 Å². The highest BCUT2D eigenvalue weighted by Crippen LogP contribution is 2.27. The molecule has 10 nitrogen and oxygen atoms in total. The Hall–Kier alpha value is -3.30. The van der Waals surface area contributed by atoms with E-state index < -0.39 is 23.8 Å². The van der Waals surface area contributed by atoms with Crippen molar-refractivity contribution in [2.75, 3.05) is 11.9 Å². The van der Waals surface area contributed by atoms with Gasteiger partial charge in [-0.2, -0.15) is 5.11 Å². The smallest absolute Gasteiger partial charge is 0.303 e. The van der Waals surface area contributed by atoms with Gasteiger partial charge in [0.1, 0.15) is 6.04 Å². The van der Waals surface area contributed by atoms with E-state index in [1.54, 1.807) is 12.1 Å². The summed E-state index contributed by atoms with van der Waals surface area (Å²) in [5, 5.41) is 19.8. The van der Waals surface area contributed by atoms with Crippen LogP contribution >= 0.6 is 0 Å². The van der Waals surface area contributed by atoms with E-state index >= 15 is 0 Å². The number of amides is 3. The van der Waals surface area contributed by atoms with Crippen molar-refractivity contribution in [3.63, 3.8) is 0 Å². The van der Waals surface area contributed by atoms with Crippen molar-refractivity contribution in [2.24, 2.45) is 5.11 Å². The minimum absolute atomic E-state index is 0.0621. The van der Waals surface area contributed by atoms with Crippen LogP contribution in [0.1, 0.15) is 42.5 Å². The molecule has 3 amide bonds. The van der Waals surface area contributed by atoms with Crippen molar-refractivity contribution in [2.45, 2.75) is 38.1 Å². The standard InChI is InChI=1S/C17H21N5O5/c18-22-11-5-3-4-10(19-9-2-1-6-14(24)25)15(11)17(27)20-12-7-8-13(23)21-16(12)26/h3-5,12,18-19H,1-2,6-9H2,(H,20,27)(H,24,25)(H,21,23,26). The summed E-state index contributed by atoms with van der Waals surface area (Å²) in [6.07, 6.45) is 1.47. The quantitative estimate of drug-likeness (QED) is 0.250. The van der Waals surface area contributed by atoms with Crippen LogP contribution in [0.3, 0.4) is 0 Å². The molecule has 0 aromatic heterocycles. The van der Waals surface area contributed by atoms with Gasteiger partial charge in [0.05, 0.1) is 11.3 Å². The van der Waals surface area contributed by atoms with Crippen molar-refractivity contribution in [1.82, 2.24) is 10.6 Å². The molecule has 0 radical (unpaired) electrons. The third-order valence-electron chi connectivity index (χ3n) is 4.07. The number of carbonyl (C=O) groups excluding carboxylic acids is 3. The minimum Gasteiger partial charge on any atom is -0.481 e. The van der Waals surface area contributed by atoms with Gasteiger partial charge in [-0.05, 0) is 31.4 Å². The fraction of sp³-hybridized carbons (Fsp3) is 0.412. The average Bonchev–Trinajstić information content (AvgIpc) is 2.63. The Bertz CT molecular complexity index is 764. The molecule has 27 heavy (non-hydrogen) atoms. The second-order valence-corrected chi connectivity index (χ2v) is 6.07. The van der Waals surface area contributed by atoms with E-state index in [2.05, 4.69) is 21.1 Å². The van der Waals surface area contributed by atoms with E-state index in [1.807, 2.05) is 0 Å². The summed E-state index contributed by atoms with van der Waals surface area (Å²) in [6.45, 7) is 0.438. The number of rotatable bonds is 9. The van der Waals surface area contributed by atoms with Crippen molar-refractivity contribution < 1.29 is 24.3 Å². The molecule has 10 heteroatoms. The maximum atomic E-state index is 12.7. The summed E-state index contributed by atoms with van der Waals surface area (Å²) in [5.74, 6) is -2.39. The van der Waals surface area contributed by atoms with Crippen molar-refractivity contribution in [3.05, 3.63) is 23.8 Å². The number of anilines is 1. The van der Waals surface area contributed by atoms with Gasteiger partial charge in [0.2, 0.25) is 11.8 Å². The molecule has 1 atom stereocenters. The molecule has 144 valence electrons. The maximum absolute atomic E-state index is 12.7. The first-order valence-electron chi connectivity index (χ1n) is 8.53. The van der Waals surface area contributed by atoms with Gasteiger partial charge in [-0.1, -0.05) is 6.07 Å². The van der Waals surface area contributed by atoms with Crippen LogP contribution in [0.4, 0.5) is 11.4 Å². The molecular formula is C17H21N5O5. The first-order valence-corrected chi connectivity index (χ1v) is 8.53. The van der Waals surface area contributed by atoms with Gasteiger partial charge in [0, 0.05) is 25.1 Å². The summed E-state index contributed by atoms with van der Waals surface area (Å²) >= 11 is 0. The van der Waals surface area contributed by atoms with Crippen LogP contribution in [0.25, 0.3) is 0 Å². The molecule has 1 saturated heterocycles. The van der Waals surface area contributed by atoms with E-state index in [9.17, 15) is 19.2 Å². The fourth-order valence-corrected chi connectivity index (χ4v) is 2.71. The molecule has 1 unspecified atom stereocenters. The Labute approximate surface area is 155 Å². The summed E-state index contributed by atoms with van der Waals surface area (Å²) < 4.78 is 0. The van der Waals surface area contributed by atoms with Crippen LogP contribution < -0.4 is 16.0 Å². The number of imide groups is 1. The van der Waals surface area contributed by atoms with E-state index in [1.165, 1.54) is 6.07 Å². The Kier molecular flexibility index (Phi) is 6.98. The van der Waals surface area contributed by atoms with Gasteiger partial charge in [0.25, 0.3) is 5.91 Å². The lowest BCUT2D eigenvalue weighted by Gasteiger charge is -2.22. The van der Waals surface area contributed by atoms with Crippen LogP contribution in [-0.2, 0) is 14.4 Å². The first-order chi connectivity index (χ1) is 12.9. The van der Waals surface area contributed by atoms with Crippen molar-refractivity contribution in [1.29, 1.82) is 5.53 Å². The lowest BCUT2D eigenvalue weighted by Crippen LogP contribution is -2.52. The zero-order chi connectivity index (χ0) is 19.8. The lowest BCUT2D eigenvalue weighted by molar-refractivity contribution is -0.137. The van der Waals surface area contributed by atoms with Crippen LogP contribution in [0.5, 0.6) is 0 Å². The number of benzene rings is 1. The van der Waals surface area contributed by atoms with Crippen LogP contribution in [0.15, 0.2) is 23.3 Å². The number of aliphatic carboxylic acids is 1. The van der Waals surface area contributed by atoms with Gasteiger partial charge in [0.15, 0.2) is 0 Å². The molecule has 1 fully saturated rings. The van der Waals surface area contributed by atoms with Crippen LogP contribution in [-0.4, -0.2) is 41.4 Å². The Balaban J connectivity index is 2.08. The predicted molar refractivity (Wildman–Crippen MR) is 94.9 cm³/mol. The van der Waals surface area contributed by atoms with Gasteiger partial charge >= 0.3 is 5.97 Å². The molecule has 0 aliphatic carbocycles. The lowest BCUT2D eigenvalue weighted by atomic mass is 10.0. The number of hydrogen-bond donors (Lipinski definition) is 5. The van der Waals surface area contributed by atoms with Crippen molar-refractivity contribution in [3.8, 4) is 0 Å². The molecule has 1 aliphatic heterocycles. The summed E-state index contributed by atoms with van der Waals surface area (Å²) in [5.41, 5.74) is 7.97. The third kappa shape index (κ3) is 5.59. The number of carboxylic acids is 1. The summed E-state index contributed by atoms with van der Waals surface area (Å²) in [7, 11) is 0. The maximum Gasteiger partial charge on any atom is 0.303 e. The number of carboxylic acid groups (broad SMARTS) is 1. The minimum atomic E-state index is -0.866. The van der Waals surface area contributed by atoms with Crippen molar-refractivity contribution >= 4 is 35.1 Å². The molecule has 2 rings (SSSR count). The number of piperidine rings is 1. The Morgan fingerprint density at radius 1 is 1.30 bits per heavy atom. The van der Waals surface area contributed by atoms with Gasteiger partial charge in [-0.3, -0.25) is 24.5 Å². The van der Waals surface area contributed by atoms with Gasteiger partial charge in [-0.15, -0.1) is 0 Å². The monoisotopic (exact) mass is 375 g/mol.